The zero-order chi connectivity index (χ0) is 18.2. The second-order valence-corrected chi connectivity index (χ2v) is 7.44. The van der Waals surface area contributed by atoms with E-state index in [-0.39, 0.29) is 24.1 Å². The molecule has 3 aromatic rings. The van der Waals surface area contributed by atoms with Crippen LogP contribution in [0.3, 0.4) is 0 Å². The molecule has 0 radical (unpaired) electrons. The minimum absolute atomic E-state index is 0.169. The predicted molar refractivity (Wildman–Crippen MR) is 101 cm³/mol. The molecule has 2 aromatic heterocycles. The second kappa shape index (κ2) is 6.68. The molecule has 0 spiro atoms. The molecule has 2 aliphatic rings. The monoisotopic (exact) mass is 362 g/mol. The van der Waals surface area contributed by atoms with Gasteiger partial charge in [0.25, 0.3) is 0 Å². The molecule has 2 unspecified atom stereocenters. The number of ether oxygens (including phenoxy) is 1. The third-order valence-electron chi connectivity index (χ3n) is 5.76. The Morgan fingerprint density at radius 2 is 1.81 bits per heavy atom. The van der Waals surface area contributed by atoms with E-state index in [1.165, 1.54) is 0 Å². The smallest absolute Gasteiger partial charge is 0.243 e. The van der Waals surface area contributed by atoms with Crippen LogP contribution < -0.4 is 4.74 Å². The van der Waals surface area contributed by atoms with Crippen molar-refractivity contribution in [3.63, 3.8) is 0 Å². The van der Waals surface area contributed by atoms with Crippen molar-refractivity contribution in [2.45, 2.75) is 50.4 Å². The Labute approximate surface area is 157 Å². The zero-order valence-corrected chi connectivity index (χ0v) is 15.1. The van der Waals surface area contributed by atoms with Gasteiger partial charge in [-0.15, -0.1) is 0 Å². The van der Waals surface area contributed by atoms with Gasteiger partial charge in [0.2, 0.25) is 5.91 Å². The number of aromatic nitrogens is 3. The van der Waals surface area contributed by atoms with Crippen LogP contribution in [-0.2, 0) is 11.3 Å². The van der Waals surface area contributed by atoms with Gasteiger partial charge >= 0.3 is 0 Å². The molecule has 27 heavy (non-hydrogen) atoms. The summed E-state index contributed by atoms with van der Waals surface area (Å²) in [5.74, 6) is 1.05. The van der Waals surface area contributed by atoms with E-state index in [4.69, 9.17) is 4.74 Å². The number of pyridine rings is 1. The van der Waals surface area contributed by atoms with Crippen LogP contribution in [0, 0.1) is 0 Å². The van der Waals surface area contributed by atoms with Gasteiger partial charge in [0.05, 0.1) is 17.4 Å². The van der Waals surface area contributed by atoms with E-state index < -0.39 is 0 Å². The number of fused-ring (bicyclic) bond motifs is 3. The van der Waals surface area contributed by atoms with Crippen LogP contribution in [0.15, 0.2) is 55.1 Å². The molecule has 2 fully saturated rings. The van der Waals surface area contributed by atoms with Gasteiger partial charge in [-0.25, -0.2) is 4.98 Å². The SMILES string of the molecule is O=C(Cn1cnc2ccccc21)N1C2CCC1CC(Oc1ccncc1)C2. The minimum Gasteiger partial charge on any atom is -0.490 e. The normalized spacial score (nSPS) is 24.3. The Kier molecular flexibility index (Phi) is 4.03. The van der Waals surface area contributed by atoms with E-state index in [0.29, 0.717) is 6.54 Å². The largest absolute Gasteiger partial charge is 0.490 e. The first-order chi connectivity index (χ1) is 13.3. The highest BCUT2D eigenvalue weighted by atomic mass is 16.5. The minimum atomic E-state index is 0.169. The molecule has 5 rings (SSSR count). The number of imidazole rings is 1. The van der Waals surface area contributed by atoms with Crippen molar-refractivity contribution in [1.29, 1.82) is 0 Å². The Hall–Kier alpha value is -2.89. The molecule has 4 heterocycles. The number of piperidine rings is 1. The van der Waals surface area contributed by atoms with Crippen LogP contribution in [-0.4, -0.2) is 43.5 Å². The van der Waals surface area contributed by atoms with Gasteiger partial charge in [-0.2, -0.15) is 0 Å². The van der Waals surface area contributed by atoms with Gasteiger partial charge in [0, 0.05) is 37.3 Å². The lowest BCUT2D eigenvalue weighted by Crippen LogP contribution is -2.50. The summed E-state index contributed by atoms with van der Waals surface area (Å²) >= 11 is 0. The summed E-state index contributed by atoms with van der Waals surface area (Å²) in [5.41, 5.74) is 1.94. The van der Waals surface area contributed by atoms with E-state index in [2.05, 4.69) is 14.9 Å². The van der Waals surface area contributed by atoms with Gasteiger partial charge in [-0.3, -0.25) is 9.78 Å². The van der Waals surface area contributed by atoms with Crippen LogP contribution >= 0.6 is 0 Å². The Bertz CT molecular complexity index is 941. The van der Waals surface area contributed by atoms with Crippen molar-refractivity contribution < 1.29 is 9.53 Å². The number of carbonyl (C=O) groups excluding carboxylic acids is 1. The summed E-state index contributed by atoms with van der Waals surface area (Å²) < 4.78 is 8.09. The number of rotatable bonds is 4. The molecule has 1 aromatic carbocycles. The van der Waals surface area contributed by atoms with E-state index in [0.717, 1.165) is 42.5 Å². The summed E-state index contributed by atoms with van der Waals surface area (Å²) in [6.07, 6.45) is 9.36. The highest BCUT2D eigenvalue weighted by Gasteiger charge is 2.43. The topological polar surface area (TPSA) is 60.2 Å². The molecule has 1 amide bonds. The zero-order valence-electron chi connectivity index (χ0n) is 15.1. The predicted octanol–water partition coefficient (Wildman–Crippen LogP) is 3.03. The van der Waals surface area contributed by atoms with Crippen molar-refractivity contribution in [2.75, 3.05) is 0 Å². The molecule has 138 valence electrons. The Morgan fingerprint density at radius 3 is 2.59 bits per heavy atom. The molecule has 6 heteroatoms. The van der Waals surface area contributed by atoms with Crippen LogP contribution in [0.25, 0.3) is 11.0 Å². The van der Waals surface area contributed by atoms with Gasteiger partial charge < -0.3 is 14.2 Å². The Morgan fingerprint density at radius 1 is 1.07 bits per heavy atom. The summed E-state index contributed by atoms with van der Waals surface area (Å²) in [6.45, 7) is 0.351. The molecule has 0 saturated carbocycles. The molecule has 0 N–H and O–H groups in total. The highest BCUT2D eigenvalue weighted by molar-refractivity contribution is 5.81. The molecule has 2 atom stereocenters. The number of benzene rings is 1. The van der Waals surface area contributed by atoms with Crippen molar-refractivity contribution in [2.24, 2.45) is 0 Å². The van der Waals surface area contributed by atoms with Gasteiger partial charge in [-0.1, -0.05) is 12.1 Å². The number of nitrogens with zero attached hydrogens (tertiary/aromatic N) is 4. The molecular formula is C21H22N4O2. The first-order valence-electron chi connectivity index (χ1n) is 9.55. The number of amides is 1. The van der Waals surface area contributed by atoms with Crippen LogP contribution in [0.4, 0.5) is 0 Å². The van der Waals surface area contributed by atoms with Crippen molar-refractivity contribution >= 4 is 16.9 Å². The van der Waals surface area contributed by atoms with Gasteiger partial charge in [-0.05, 0) is 37.1 Å². The van der Waals surface area contributed by atoms with E-state index in [1.807, 2.05) is 41.0 Å². The summed E-state index contributed by atoms with van der Waals surface area (Å²) in [7, 11) is 0. The molecule has 0 aliphatic carbocycles. The third-order valence-corrected chi connectivity index (χ3v) is 5.76. The maximum Gasteiger partial charge on any atom is 0.243 e. The quantitative estimate of drug-likeness (QED) is 0.716. The van der Waals surface area contributed by atoms with Gasteiger partial charge in [0.1, 0.15) is 18.4 Å². The first kappa shape index (κ1) is 16.3. The maximum atomic E-state index is 13.1. The van der Waals surface area contributed by atoms with E-state index >= 15 is 0 Å². The Balaban J connectivity index is 1.28. The number of hydrogen-bond donors (Lipinski definition) is 0. The first-order valence-corrected chi connectivity index (χ1v) is 9.55. The number of carbonyl (C=O) groups is 1. The van der Waals surface area contributed by atoms with Crippen LogP contribution in [0.1, 0.15) is 25.7 Å². The fraction of sp³-hybridized carbons (Fsp3) is 0.381. The fourth-order valence-electron chi connectivity index (χ4n) is 4.60. The van der Waals surface area contributed by atoms with E-state index in [1.54, 1.807) is 18.7 Å². The molecule has 6 nitrogen and oxygen atoms in total. The van der Waals surface area contributed by atoms with Crippen LogP contribution in [0.2, 0.25) is 0 Å². The van der Waals surface area contributed by atoms with E-state index in [9.17, 15) is 4.79 Å². The summed E-state index contributed by atoms with van der Waals surface area (Å²) in [4.78, 5) is 23.6. The maximum absolute atomic E-state index is 13.1. The van der Waals surface area contributed by atoms with Crippen LogP contribution in [0.5, 0.6) is 5.75 Å². The summed E-state index contributed by atoms with van der Waals surface area (Å²) in [5, 5.41) is 0. The van der Waals surface area contributed by atoms with Crippen molar-refractivity contribution in [1.82, 2.24) is 19.4 Å². The lowest BCUT2D eigenvalue weighted by molar-refractivity contribution is -0.137. The lowest BCUT2D eigenvalue weighted by Gasteiger charge is -2.39. The highest BCUT2D eigenvalue weighted by Crippen LogP contribution is 2.37. The number of para-hydroxylation sites is 2. The molecule has 2 saturated heterocycles. The fourth-order valence-corrected chi connectivity index (χ4v) is 4.60. The summed E-state index contributed by atoms with van der Waals surface area (Å²) in [6, 6.07) is 12.3. The van der Waals surface area contributed by atoms with Crippen molar-refractivity contribution in [3.05, 3.63) is 55.1 Å². The average Bonchev–Trinajstić information content (AvgIpc) is 3.21. The third kappa shape index (κ3) is 3.05. The second-order valence-electron chi connectivity index (χ2n) is 7.44. The molecule has 2 aliphatic heterocycles. The molecular weight excluding hydrogens is 340 g/mol. The standard InChI is InChI=1S/C21H22N4O2/c26-21(13-24-14-23-19-3-1-2-4-20(19)24)25-15-5-6-16(25)12-18(11-15)27-17-7-9-22-10-8-17/h1-4,7-10,14-16,18H,5-6,11-13H2. The van der Waals surface area contributed by atoms with Gasteiger partial charge in [0.15, 0.2) is 0 Å². The van der Waals surface area contributed by atoms with Crippen molar-refractivity contribution in [3.8, 4) is 5.75 Å². The average molecular weight is 362 g/mol. The number of hydrogen-bond acceptors (Lipinski definition) is 4. The molecule has 2 bridgehead atoms. The lowest BCUT2D eigenvalue weighted by atomic mass is 9.99.